The molecule has 0 bridgehead atoms. The second kappa shape index (κ2) is 6.83. The van der Waals surface area contributed by atoms with Crippen molar-refractivity contribution in [2.45, 2.75) is 12.3 Å². The zero-order valence-corrected chi connectivity index (χ0v) is 12.5. The summed E-state index contributed by atoms with van der Waals surface area (Å²) in [6.07, 6.45) is 3.34. The molecular weight excluding hydrogens is 288 g/mol. The van der Waals surface area contributed by atoms with Gasteiger partial charge in [-0.1, -0.05) is 60.7 Å². The minimum atomic E-state index is -0.611. The summed E-state index contributed by atoms with van der Waals surface area (Å²) in [6, 6.07) is 18.0. The molecule has 0 fully saturated rings. The average molecular weight is 304 g/mol. The van der Waals surface area contributed by atoms with E-state index in [2.05, 4.69) is 9.97 Å². The van der Waals surface area contributed by atoms with E-state index in [-0.39, 0.29) is 18.0 Å². The molecule has 4 nitrogen and oxygen atoms in total. The Bertz CT molecular complexity index is 781. The molecule has 0 saturated heterocycles. The Morgan fingerprint density at radius 2 is 1.52 bits per heavy atom. The summed E-state index contributed by atoms with van der Waals surface area (Å²) in [5.41, 5.74) is 1.18. The van der Waals surface area contributed by atoms with E-state index in [1.165, 1.54) is 0 Å². The highest BCUT2D eigenvalue weighted by Crippen LogP contribution is 2.23. The first-order valence-corrected chi connectivity index (χ1v) is 7.42. The largest absolute Gasteiger partial charge is 0.348 e. The van der Waals surface area contributed by atoms with Crippen LogP contribution in [0.4, 0.5) is 0 Å². The van der Waals surface area contributed by atoms with Crippen molar-refractivity contribution < 1.29 is 9.59 Å². The molecule has 0 saturated carbocycles. The maximum Gasteiger partial charge on any atom is 0.173 e. The molecule has 0 spiro atoms. The van der Waals surface area contributed by atoms with Crippen molar-refractivity contribution in [3.05, 3.63) is 90.0 Å². The van der Waals surface area contributed by atoms with Gasteiger partial charge in [-0.3, -0.25) is 9.59 Å². The lowest BCUT2D eigenvalue weighted by Crippen LogP contribution is -2.18. The van der Waals surface area contributed by atoms with Crippen molar-refractivity contribution in [3.63, 3.8) is 0 Å². The molecule has 0 aliphatic carbocycles. The van der Waals surface area contributed by atoms with Crippen LogP contribution >= 0.6 is 0 Å². The second-order valence-corrected chi connectivity index (χ2v) is 5.25. The number of carbonyl (C=O) groups excluding carboxylic acids is 2. The summed E-state index contributed by atoms with van der Waals surface area (Å²) < 4.78 is 0. The topological polar surface area (TPSA) is 62.8 Å². The number of carbonyl (C=O) groups is 2. The highest BCUT2D eigenvalue weighted by Gasteiger charge is 2.27. The molecule has 114 valence electrons. The number of ketones is 2. The number of imidazole rings is 1. The fraction of sp³-hybridized carbons (Fsp3) is 0.105. The maximum atomic E-state index is 12.8. The van der Waals surface area contributed by atoms with E-state index in [9.17, 15) is 9.59 Å². The molecule has 3 aromatic rings. The number of aromatic amines is 1. The SMILES string of the molecule is O=C(CC(C(=O)c1ccccc1)c1ncc[nH]1)c1ccccc1. The molecule has 1 aromatic heterocycles. The fourth-order valence-corrected chi connectivity index (χ4v) is 2.51. The van der Waals surface area contributed by atoms with Gasteiger partial charge in [-0.05, 0) is 0 Å². The Morgan fingerprint density at radius 3 is 2.09 bits per heavy atom. The molecule has 1 unspecified atom stereocenters. The summed E-state index contributed by atoms with van der Waals surface area (Å²) in [5.74, 6) is -0.274. The third-order valence-corrected chi connectivity index (χ3v) is 3.71. The van der Waals surface area contributed by atoms with Gasteiger partial charge in [0, 0.05) is 29.9 Å². The Balaban J connectivity index is 1.88. The van der Waals surface area contributed by atoms with Crippen molar-refractivity contribution in [1.82, 2.24) is 9.97 Å². The van der Waals surface area contributed by atoms with Crippen LogP contribution in [-0.2, 0) is 0 Å². The number of benzene rings is 2. The van der Waals surface area contributed by atoms with Crippen molar-refractivity contribution >= 4 is 11.6 Å². The maximum absolute atomic E-state index is 12.8. The van der Waals surface area contributed by atoms with Crippen molar-refractivity contribution in [2.24, 2.45) is 0 Å². The minimum Gasteiger partial charge on any atom is -0.348 e. The van der Waals surface area contributed by atoms with Gasteiger partial charge >= 0.3 is 0 Å². The van der Waals surface area contributed by atoms with E-state index < -0.39 is 5.92 Å². The van der Waals surface area contributed by atoms with Gasteiger partial charge in [0.1, 0.15) is 5.82 Å². The number of nitrogens with zero attached hydrogens (tertiary/aromatic N) is 1. The standard InChI is InChI=1S/C19H16N2O2/c22-17(14-7-3-1-4-8-14)13-16(19-20-11-12-21-19)18(23)15-9-5-2-6-10-15/h1-12,16H,13H2,(H,20,21). The number of rotatable bonds is 6. The van der Waals surface area contributed by atoms with E-state index in [1.807, 2.05) is 36.4 Å². The smallest absolute Gasteiger partial charge is 0.173 e. The molecule has 1 heterocycles. The Hall–Kier alpha value is -3.01. The summed E-state index contributed by atoms with van der Waals surface area (Å²) in [5, 5.41) is 0. The summed E-state index contributed by atoms with van der Waals surface area (Å²) in [6.45, 7) is 0. The van der Waals surface area contributed by atoms with Gasteiger partial charge in [-0.15, -0.1) is 0 Å². The van der Waals surface area contributed by atoms with Gasteiger partial charge in [0.25, 0.3) is 0 Å². The molecule has 1 N–H and O–H groups in total. The lowest BCUT2D eigenvalue weighted by molar-refractivity contribution is 0.0890. The van der Waals surface area contributed by atoms with E-state index in [4.69, 9.17) is 0 Å². The third kappa shape index (κ3) is 3.43. The quantitative estimate of drug-likeness (QED) is 0.707. The normalized spacial score (nSPS) is 11.8. The van der Waals surface area contributed by atoms with Gasteiger partial charge in [-0.2, -0.15) is 0 Å². The zero-order chi connectivity index (χ0) is 16.1. The predicted molar refractivity (Wildman–Crippen MR) is 87.5 cm³/mol. The van der Waals surface area contributed by atoms with Gasteiger partial charge < -0.3 is 4.98 Å². The highest BCUT2D eigenvalue weighted by atomic mass is 16.1. The van der Waals surface area contributed by atoms with E-state index in [1.54, 1.807) is 36.7 Å². The number of Topliss-reactive ketones (excluding diaryl/α,β-unsaturated/α-hetero) is 2. The zero-order valence-electron chi connectivity index (χ0n) is 12.5. The number of aromatic nitrogens is 2. The number of H-pyrrole nitrogens is 1. The third-order valence-electron chi connectivity index (χ3n) is 3.71. The van der Waals surface area contributed by atoms with Crippen LogP contribution in [-0.4, -0.2) is 21.5 Å². The first-order chi connectivity index (χ1) is 11.3. The molecular formula is C19H16N2O2. The molecule has 4 heteroatoms. The van der Waals surface area contributed by atoms with Crippen LogP contribution in [0.25, 0.3) is 0 Å². The molecule has 3 rings (SSSR count). The van der Waals surface area contributed by atoms with E-state index in [0.717, 1.165) is 0 Å². The van der Waals surface area contributed by atoms with Crippen LogP contribution < -0.4 is 0 Å². The van der Waals surface area contributed by atoms with Crippen LogP contribution in [0.2, 0.25) is 0 Å². The van der Waals surface area contributed by atoms with Crippen LogP contribution in [0.1, 0.15) is 38.9 Å². The van der Waals surface area contributed by atoms with E-state index >= 15 is 0 Å². The van der Waals surface area contributed by atoms with Crippen LogP contribution in [0, 0.1) is 0 Å². The minimum absolute atomic E-state index is 0.0729. The first-order valence-electron chi connectivity index (χ1n) is 7.42. The molecule has 0 radical (unpaired) electrons. The first kappa shape index (κ1) is 14.9. The van der Waals surface area contributed by atoms with Gasteiger partial charge in [0.2, 0.25) is 0 Å². The van der Waals surface area contributed by atoms with Gasteiger partial charge in [-0.25, -0.2) is 4.98 Å². The Labute approximate surface area is 134 Å². The van der Waals surface area contributed by atoms with Crippen molar-refractivity contribution in [3.8, 4) is 0 Å². The van der Waals surface area contributed by atoms with Crippen LogP contribution in [0.15, 0.2) is 73.1 Å². The van der Waals surface area contributed by atoms with Crippen molar-refractivity contribution in [2.75, 3.05) is 0 Å². The highest BCUT2D eigenvalue weighted by molar-refractivity contribution is 6.05. The van der Waals surface area contributed by atoms with Gasteiger partial charge in [0.05, 0.1) is 5.92 Å². The van der Waals surface area contributed by atoms with Crippen LogP contribution in [0.3, 0.4) is 0 Å². The molecule has 0 amide bonds. The molecule has 0 aliphatic heterocycles. The fourth-order valence-electron chi connectivity index (χ4n) is 2.51. The molecule has 2 aromatic carbocycles. The summed E-state index contributed by atoms with van der Waals surface area (Å²) in [7, 11) is 0. The van der Waals surface area contributed by atoms with Gasteiger partial charge in [0.15, 0.2) is 11.6 Å². The Kier molecular flexibility index (Phi) is 4.43. The van der Waals surface area contributed by atoms with Crippen molar-refractivity contribution in [1.29, 1.82) is 0 Å². The van der Waals surface area contributed by atoms with E-state index in [0.29, 0.717) is 17.0 Å². The Morgan fingerprint density at radius 1 is 0.913 bits per heavy atom. The molecule has 23 heavy (non-hydrogen) atoms. The average Bonchev–Trinajstić information content (AvgIpc) is 3.15. The number of hydrogen-bond acceptors (Lipinski definition) is 3. The summed E-state index contributed by atoms with van der Waals surface area (Å²) in [4.78, 5) is 32.4. The summed E-state index contributed by atoms with van der Waals surface area (Å²) >= 11 is 0. The number of nitrogens with one attached hydrogen (secondary N) is 1. The number of hydrogen-bond donors (Lipinski definition) is 1. The second-order valence-electron chi connectivity index (χ2n) is 5.25. The monoisotopic (exact) mass is 304 g/mol. The lowest BCUT2D eigenvalue weighted by atomic mass is 9.90. The van der Waals surface area contributed by atoms with Crippen LogP contribution in [0.5, 0.6) is 0 Å². The predicted octanol–water partition coefficient (Wildman–Crippen LogP) is 3.65. The molecule has 0 aliphatic rings. The molecule has 1 atom stereocenters. The lowest BCUT2D eigenvalue weighted by Gasteiger charge is -2.13.